The van der Waals surface area contributed by atoms with Gasteiger partial charge in [0.25, 0.3) is 0 Å². The second-order valence-corrected chi connectivity index (χ2v) is 12.5. The minimum atomic E-state index is -0.00254. The highest BCUT2D eigenvalue weighted by atomic mass is 32.1. The number of hydrogen-bond donors (Lipinski definition) is 0. The molecule has 0 aliphatic rings. The van der Waals surface area contributed by atoms with Gasteiger partial charge in [-0.25, -0.2) is 0 Å². The van der Waals surface area contributed by atoms with E-state index in [0.29, 0.717) is 37.4 Å². The molecular weight excluding hydrogens is 532 g/mol. The topological polar surface area (TPSA) is 59.1 Å². The van der Waals surface area contributed by atoms with Crippen LogP contribution in [0.2, 0.25) is 0 Å². The fourth-order valence-corrected chi connectivity index (χ4v) is 5.94. The minimum Gasteiger partial charge on any atom is -0.493 e. The molecule has 230 valence electrons. The van der Waals surface area contributed by atoms with Crippen molar-refractivity contribution in [1.29, 1.82) is 0 Å². The summed E-state index contributed by atoms with van der Waals surface area (Å²) in [5.74, 6) is 1.47. The summed E-state index contributed by atoms with van der Waals surface area (Å²) in [7, 11) is 3.26. The van der Waals surface area contributed by atoms with Crippen molar-refractivity contribution >= 4 is 23.2 Å². The van der Waals surface area contributed by atoms with E-state index in [1.54, 1.807) is 25.6 Å². The number of carbonyl (C=O) groups is 2. The molecule has 0 bridgehead atoms. The molecule has 0 radical (unpaired) electrons. The van der Waals surface area contributed by atoms with Crippen molar-refractivity contribution in [2.45, 2.75) is 117 Å². The van der Waals surface area contributed by atoms with E-state index in [2.05, 4.69) is 39.8 Å². The van der Waals surface area contributed by atoms with E-state index in [0.717, 1.165) is 29.7 Å². The van der Waals surface area contributed by atoms with E-state index in [1.165, 1.54) is 49.8 Å². The maximum absolute atomic E-state index is 13.7. The van der Waals surface area contributed by atoms with Crippen molar-refractivity contribution in [3.05, 3.63) is 45.6 Å². The third-order valence-electron chi connectivity index (χ3n) is 7.86. The van der Waals surface area contributed by atoms with Crippen LogP contribution in [0.1, 0.15) is 107 Å². The molecule has 2 amide bonds. The van der Waals surface area contributed by atoms with E-state index < -0.39 is 0 Å². The molecule has 0 saturated carbocycles. The molecule has 1 atom stereocenters. The molecule has 0 saturated heterocycles. The summed E-state index contributed by atoms with van der Waals surface area (Å²) < 4.78 is 10.8. The number of hydrogen-bond acceptors (Lipinski definition) is 5. The van der Waals surface area contributed by atoms with Gasteiger partial charge >= 0.3 is 0 Å². The summed E-state index contributed by atoms with van der Waals surface area (Å²) in [5, 5.41) is 0. The lowest BCUT2D eigenvalue weighted by Gasteiger charge is -2.31. The van der Waals surface area contributed by atoms with Crippen LogP contribution in [0, 0.1) is 6.92 Å². The second-order valence-electron chi connectivity index (χ2n) is 11.1. The second kappa shape index (κ2) is 19.6. The molecule has 1 heterocycles. The Morgan fingerprint density at radius 1 is 0.854 bits per heavy atom. The van der Waals surface area contributed by atoms with Crippen LogP contribution in [-0.4, -0.2) is 55.0 Å². The molecular formula is C34H54N2O4S. The molecule has 2 aromatic rings. The van der Waals surface area contributed by atoms with Crippen LogP contribution in [0.25, 0.3) is 0 Å². The van der Waals surface area contributed by atoms with Gasteiger partial charge in [0.15, 0.2) is 11.5 Å². The fraction of sp³-hybridized carbons (Fsp3) is 0.647. The van der Waals surface area contributed by atoms with Crippen LogP contribution in [0.4, 0.5) is 0 Å². The summed E-state index contributed by atoms with van der Waals surface area (Å²) in [5.41, 5.74) is 1.07. The van der Waals surface area contributed by atoms with Gasteiger partial charge in [-0.1, -0.05) is 71.3 Å². The number of unbranched alkanes of at least 4 members (excludes halogenated alkanes) is 8. The number of aryl methyl sites for hydroxylation is 1. The molecule has 0 aliphatic heterocycles. The highest BCUT2D eigenvalue weighted by molar-refractivity contribution is 7.11. The zero-order valence-electron chi connectivity index (χ0n) is 26.5. The number of amides is 2. The molecule has 1 aromatic heterocycles. The zero-order valence-corrected chi connectivity index (χ0v) is 27.3. The lowest BCUT2D eigenvalue weighted by Crippen LogP contribution is -2.46. The van der Waals surface area contributed by atoms with Crippen LogP contribution < -0.4 is 9.47 Å². The molecule has 0 N–H and O–H groups in total. The highest BCUT2D eigenvalue weighted by Crippen LogP contribution is 2.28. The standard InChI is InChI=1S/C34H54N2O4S/c1-7-9-10-11-12-13-14-15-16-17-33(37)36(27(3)8-2)26-34(38)35(25-30-20-18-28(4)41-30)23-22-29-19-21-31(39-5)32(24-29)40-6/h18-21,24,27H,7-17,22-23,25-26H2,1-6H3. The van der Waals surface area contributed by atoms with Crippen LogP contribution in [0.3, 0.4) is 0 Å². The van der Waals surface area contributed by atoms with Crippen LogP contribution >= 0.6 is 11.3 Å². The summed E-state index contributed by atoms with van der Waals surface area (Å²) in [6, 6.07) is 10.1. The predicted molar refractivity (Wildman–Crippen MR) is 171 cm³/mol. The molecule has 1 aromatic carbocycles. The Morgan fingerprint density at radius 3 is 2.10 bits per heavy atom. The lowest BCUT2D eigenvalue weighted by molar-refractivity contribution is -0.142. The minimum absolute atomic E-state index is 0.00254. The lowest BCUT2D eigenvalue weighted by atomic mass is 10.1. The Kier molecular flexibility index (Phi) is 16.5. The Morgan fingerprint density at radius 2 is 1.51 bits per heavy atom. The Hall–Kier alpha value is -2.54. The van der Waals surface area contributed by atoms with Crippen molar-refractivity contribution in [3.8, 4) is 11.5 Å². The summed E-state index contributed by atoms with van der Waals surface area (Å²) in [6.45, 7) is 9.70. The number of benzene rings is 1. The highest BCUT2D eigenvalue weighted by Gasteiger charge is 2.25. The molecule has 1 unspecified atom stereocenters. The van der Waals surface area contributed by atoms with Crippen LogP contribution in [0.5, 0.6) is 11.5 Å². The summed E-state index contributed by atoms with van der Waals surface area (Å²) in [6.07, 6.45) is 13.0. The van der Waals surface area contributed by atoms with E-state index in [9.17, 15) is 9.59 Å². The van der Waals surface area contributed by atoms with Crippen LogP contribution in [0.15, 0.2) is 30.3 Å². The smallest absolute Gasteiger partial charge is 0.242 e. The van der Waals surface area contributed by atoms with E-state index in [1.807, 2.05) is 28.0 Å². The van der Waals surface area contributed by atoms with Gasteiger partial charge in [0, 0.05) is 28.8 Å². The SMILES string of the molecule is CCCCCCCCCCCC(=O)N(CC(=O)N(CCc1ccc(OC)c(OC)c1)Cc1ccc(C)s1)C(C)CC. The molecule has 0 aliphatic carbocycles. The monoisotopic (exact) mass is 586 g/mol. The van der Waals surface area contributed by atoms with Crippen molar-refractivity contribution < 1.29 is 19.1 Å². The number of thiophene rings is 1. The van der Waals surface area contributed by atoms with Gasteiger partial charge in [-0.05, 0) is 62.9 Å². The molecule has 2 rings (SSSR count). The summed E-state index contributed by atoms with van der Waals surface area (Å²) in [4.78, 5) is 33.2. The predicted octanol–water partition coefficient (Wildman–Crippen LogP) is 8.19. The first kappa shape index (κ1) is 34.7. The normalized spacial score (nSPS) is 11.8. The average molecular weight is 587 g/mol. The van der Waals surface area contributed by atoms with Crippen molar-refractivity contribution in [2.75, 3.05) is 27.3 Å². The molecule has 6 nitrogen and oxygen atoms in total. The number of ether oxygens (including phenoxy) is 2. The van der Waals surface area contributed by atoms with E-state index in [4.69, 9.17) is 9.47 Å². The van der Waals surface area contributed by atoms with Gasteiger partial charge in [-0.15, -0.1) is 11.3 Å². The maximum atomic E-state index is 13.7. The third kappa shape index (κ3) is 12.5. The maximum Gasteiger partial charge on any atom is 0.242 e. The molecule has 7 heteroatoms. The van der Waals surface area contributed by atoms with E-state index >= 15 is 0 Å². The van der Waals surface area contributed by atoms with Gasteiger partial charge in [0.1, 0.15) is 0 Å². The largest absolute Gasteiger partial charge is 0.493 e. The first-order valence-electron chi connectivity index (χ1n) is 15.7. The molecule has 41 heavy (non-hydrogen) atoms. The van der Waals surface area contributed by atoms with Gasteiger partial charge < -0.3 is 19.3 Å². The van der Waals surface area contributed by atoms with Gasteiger partial charge in [-0.3, -0.25) is 9.59 Å². The Labute approximate surface area is 253 Å². The van der Waals surface area contributed by atoms with Gasteiger partial charge in [0.2, 0.25) is 11.8 Å². The Balaban J connectivity index is 2.01. The number of nitrogens with zero attached hydrogens (tertiary/aromatic N) is 2. The van der Waals surface area contributed by atoms with Crippen LogP contribution in [-0.2, 0) is 22.6 Å². The van der Waals surface area contributed by atoms with E-state index in [-0.39, 0.29) is 24.4 Å². The van der Waals surface area contributed by atoms with Gasteiger partial charge in [-0.2, -0.15) is 0 Å². The van der Waals surface area contributed by atoms with Crippen molar-refractivity contribution in [2.24, 2.45) is 0 Å². The first-order chi connectivity index (χ1) is 19.8. The zero-order chi connectivity index (χ0) is 30.0. The Bertz CT molecular complexity index is 1040. The average Bonchev–Trinajstić information content (AvgIpc) is 3.40. The van der Waals surface area contributed by atoms with Crippen molar-refractivity contribution in [1.82, 2.24) is 9.80 Å². The van der Waals surface area contributed by atoms with Gasteiger partial charge in [0.05, 0.1) is 27.3 Å². The number of carbonyl (C=O) groups excluding carboxylic acids is 2. The van der Waals surface area contributed by atoms with Crippen molar-refractivity contribution in [3.63, 3.8) is 0 Å². The number of rotatable bonds is 21. The number of methoxy groups -OCH3 is 2. The first-order valence-corrected chi connectivity index (χ1v) is 16.5. The third-order valence-corrected chi connectivity index (χ3v) is 8.84. The summed E-state index contributed by atoms with van der Waals surface area (Å²) >= 11 is 1.71. The fourth-order valence-electron chi connectivity index (χ4n) is 5.04. The molecule has 0 spiro atoms. The molecule has 0 fully saturated rings. The quantitative estimate of drug-likeness (QED) is 0.138.